The first-order valence-electron chi connectivity index (χ1n) is 8.55. The molecule has 3 heterocycles. The van der Waals surface area contributed by atoms with E-state index in [0.717, 1.165) is 23.3 Å². The molecule has 0 bridgehead atoms. The first-order valence-corrected chi connectivity index (χ1v) is 8.55. The fourth-order valence-corrected chi connectivity index (χ4v) is 3.79. The Morgan fingerprint density at radius 1 is 1.04 bits per heavy atom. The van der Waals surface area contributed by atoms with E-state index in [1.165, 1.54) is 0 Å². The third-order valence-corrected chi connectivity index (χ3v) is 5.21. The van der Waals surface area contributed by atoms with Gasteiger partial charge in [-0.3, -0.25) is 29.4 Å². The zero-order valence-electron chi connectivity index (χ0n) is 13.9. The number of hydrogen-bond donors (Lipinski definition) is 1. The van der Waals surface area contributed by atoms with Crippen molar-refractivity contribution in [3.05, 3.63) is 29.3 Å². The van der Waals surface area contributed by atoms with Gasteiger partial charge < -0.3 is 9.69 Å². The second kappa shape index (κ2) is 6.05. The molecule has 0 spiro atoms. The molecule has 0 aromatic heterocycles. The number of nitrogens with one attached hydrogen (secondary N) is 1. The predicted octanol–water partition coefficient (Wildman–Crippen LogP) is 0.113. The van der Waals surface area contributed by atoms with Crippen LogP contribution in [-0.4, -0.2) is 53.9 Å². The summed E-state index contributed by atoms with van der Waals surface area (Å²) in [5.74, 6) is -2.08. The van der Waals surface area contributed by atoms with Crippen molar-refractivity contribution in [3.8, 4) is 0 Å². The molecular formula is C18H17N3O5. The summed E-state index contributed by atoms with van der Waals surface area (Å²) in [7, 11) is 0. The molecule has 3 aliphatic rings. The van der Waals surface area contributed by atoms with Crippen LogP contribution in [0.4, 0.5) is 5.69 Å². The van der Waals surface area contributed by atoms with Crippen LogP contribution in [0.1, 0.15) is 40.0 Å². The standard InChI is InChI=1S/C18H17N3O5/c22-9-10-5-6-20(8-10)11-1-2-12-13(7-11)18(26)21(17(12)25)14-3-4-15(23)19-16(14)24/h1-2,7,9-10,14H,3-6,8H2,(H,19,23,24). The van der Waals surface area contributed by atoms with E-state index in [9.17, 15) is 24.0 Å². The number of nitrogens with zero attached hydrogens (tertiary/aromatic N) is 2. The van der Waals surface area contributed by atoms with Gasteiger partial charge in [-0.15, -0.1) is 0 Å². The van der Waals surface area contributed by atoms with Crippen molar-refractivity contribution < 1.29 is 24.0 Å². The molecule has 1 aromatic rings. The summed E-state index contributed by atoms with van der Waals surface area (Å²) < 4.78 is 0. The van der Waals surface area contributed by atoms with Crippen LogP contribution in [0.5, 0.6) is 0 Å². The molecule has 0 saturated carbocycles. The number of benzene rings is 1. The molecule has 0 radical (unpaired) electrons. The summed E-state index contributed by atoms with van der Waals surface area (Å²) in [4.78, 5) is 62.7. The van der Waals surface area contributed by atoms with E-state index in [1.54, 1.807) is 18.2 Å². The van der Waals surface area contributed by atoms with Crippen LogP contribution in [0.15, 0.2) is 18.2 Å². The molecule has 4 rings (SSSR count). The van der Waals surface area contributed by atoms with Gasteiger partial charge in [0.25, 0.3) is 11.8 Å². The van der Waals surface area contributed by atoms with Crippen molar-refractivity contribution in [2.45, 2.75) is 25.3 Å². The maximum atomic E-state index is 12.8. The van der Waals surface area contributed by atoms with Crippen molar-refractivity contribution in [3.63, 3.8) is 0 Å². The van der Waals surface area contributed by atoms with Crippen molar-refractivity contribution >= 4 is 35.6 Å². The molecule has 3 aliphatic heterocycles. The van der Waals surface area contributed by atoms with Crippen LogP contribution in [0.25, 0.3) is 0 Å². The van der Waals surface area contributed by atoms with Crippen LogP contribution in [0.3, 0.4) is 0 Å². The minimum Gasteiger partial charge on any atom is -0.371 e. The zero-order valence-corrected chi connectivity index (χ0v) is 13.9. The lowest BCUT2D eigenvalue weighted by Gasteiger charge is -2.27. The Balaban J connectivity index is 1.61. The number of aldehydes is 1. The van der Waals surface area contributed by atoms with E-state index < -0.39 is 29.7 Å². The molecular weight excluding hydrogens is 338 g/mol. The van der Waals surface area contributed by atoms with Gasteiger partial charge >= 0.3 is 0 Å². The Labute approximate surface area is 149 Å². The molecule has 2 atom stereocenters. The van der Waals surface area contributed by atoms with Crippen LogP contribution < -0.4 is 10.2 Å². The van der Waals surface area contributed by atoms with Crippen molar-refractivity contribution in [2.75, 3.05) is 18.0 Å². The Morgan fingerprint density at radius 2 is 1.81 bits per heavy atom. The zero-order chi connectivity index (χ0) is 18.4. The van der Waals surface area contributed by atoms with Crippen LogP contribution in [0.2, 0.25) is 0 Å². The highest BCUT2D eigenvalue weighted by atomic mass is 16.2. The fraction of sp³-hybridized carbons (Fsp3) is 0.389. The summed E-state index contributed by atoms with van der Waals surface area (Å²) in [6.07, 6.45) is 1.93. The summed E-state index contributed by atoms with van der Waals surface area (Å²) in [6, 6.07) is 4.03. The summed E-state index contributed by atoms with van der Waals surface area (Å²) >= 11 is 0. The van der Waals surface area contributed by atoms with Crippen LogP contribution >= 0.6 is 0 Å². The quantitative estimate of drug-likeness (QED) is 0.610. The van der Waals surface area contributed by atoms with Crippen LogP contribution in [0, 0.1) is 5.92 Å². The molecule has 2 saturated heterocycles. The Bertz CT molecular complexity index is 849. The first kappa shape index (κ1) is 16.4. The Kier molecular flexibility index (Phi) is 3.82. The number of amides is 4. The molecule has 26 heavy (non-hydrogen) atoms. The molecule has 2 unspecified atom stereocenters. The van der Waals surface area contributed by atoms with E-state index >= 15 is 0 Å². The first-order chi connectivity index (χ1) is 12.5. The molecule has 2 fully saturated rings. The lowest BCUT2D eigenvalue weighted by molar-refractivity contribution is -0.136. The fourth-order valence-electron chi connectivity index (χ4n) is 3.79. The predicted molar refractivity (Wildman–Crippen MR) is 89.5 cm³/mol. The average molecular weight is 355 g/mol. The largest absolute Gasteiger partial charge is 0.371 e. The third-order valence-electron chi connectivity index (χ3n) is 5.21. The maximum Gasteiger partial charge on any atom is 0.262 e. The molecule has 1 N–H and O–H groups in total. The van der Waals surface area contributed by atoms with Gasteiger partial charge in [-0.1, -0.05) is 0 Å². The van der Waals surface area contributed by atoms with Gasteiger partial charge in [0.1, 0.15) is 12.3 Å². The van der Waals surface area contributed by atoms with Gasteiger partial charge in [-0.05, 0) is 31.0 Å². The number of carbonyl (C=O) groups excluding carboxylic acids is 5. The van der Waals surface area contributed by atoms with E-state index in [-0.39, 0.29) is 29.9 Å². The monoisotopic (exact) mass is 355 g/mol. The molecule has 134 valence electrons. The number of hydrogen-bond acceptors (Lipinski definition) is 6. The van der Waals surface area contributed by atoms with Crippen molar-refractivity contribution in [1.29, 1.82) is 0 Å². The van der Waals surface area contributed by atoms with Crippen molar-refractivity contribution in [2.24, 2.45) is 5.92 Å². The SMILES string of the molecule is O=CC1CCN(c2ccc3c(c2)C(=O)N(C2CCC(=O)NC2=O)C3=O)C1. The lowest BCUT2D eigenvalue weighted by atomic mass is 10.0. The minimum absolute atomic E-state index is 0.0273. The van der Waals surface area contributed by atoms with Gasteiger partial charge in [0.15, 0.2) is 0 Å². The molecule has 8 nitrogen and oxygen atoms in total. The minimum atomic E-state index is -0.963. The van der Waals surface area contributed by atoms with Gasteiger partial charge in [-0.25, -0.2) is 0 Å². The average Bonchev–Trinajstić information content (AvgIpc) is 3.20. The van der Waals surface area contributed by atoms with Gasteiger partial charge in [-0.2, -0.15) is 0 Å². The highest BCUT2D eigenvalue weighted by Crippen LogP contribution is 2.32. The number of rotatable bonds is 3. The van der Waals surface area contributed by atoms with Gasteiger partial charge in [0, 0.05) is 31.1 Å². The highest BCUT2D eigenvalue weighted by Gasteiger charge is 2.44. The maximum absolute atomic E-state index is 12.8. The van der Waals surface area contributed by atoms with E-state index in [1.807, 2.05) is 4.90 Å². The third kappa shape index (κ3) is 2.49. The normalized spacial score (nSPS) is 25.5. The molecule has 1 aromatic carbocycles. The number of piperidine rings is 1. The lowest BCUT2D eigenvalue weighted by Crippen LogP contribution is -2.54. The van der Waals surface area contributed by atoms with Gasteiger partial charge in [0.05, 0.1) is 11.1 Å². The van der Waals surface area contributed by atoms with Gasteiger partial charge in [0.2, 0.25) is 11.8 Å². The molecule has 8 heteroatoms. The van der Waals surface area contributed by atoms with E-state index in [2.05, 4.69) is 5.32 Å². The summed E-state index contributed by atoms with van der Waals surface area (Å²) in [6.45, 7) is 1.29. The summed E-state index contributed by atoms with van der Waals surface area (Å²) in [5.41, 5.74) is 1.29. The highest BCUT2D eigenvalue weighted by molar-refractivity contribution is 6.23. The topological polar surface area (TPSA) is 104 Å². The number of anilines is 1. The second-order valence-corrected chi connectivity index (χ2v) is 6.81. The van der Waals surface area contributed by atoms with Crippen molar-refractivity contribution in [1.82, 2.24) is 10.2 Å². The van der Waals surface area contributed by atoms with E-state index in [0.29, 0.717) is 13.1 Å². The van der Waals surface area contributed by atoms with Crippen LogP contribution in [-0.2, 0) is 14.4 Å². The number of imide groups is 2. The summed E-state index contributed by atoms with van der Waals surface area (Å²) in [5, 5.41) is 2.18. The number of carbonyl (C=O) groups is 5. The molecule has 4 amide bonds. The molecule has 0 aliphatic carbocycles. The Morgan fingerprint density at radius 3 is 2.50 bits per heavy atom. The number of fused-ring (bicyclic) bond motifs is 1. The smallest absolute Gasteiger partial charge is 0.262 e. The van der Waals surface area contributed by atoms with E-state index in [4.69, 9.17) is 0 Å². The Hall–Kier alpha value is -3.03. The second-order valence-electron chi connectivity index (χ2n) is 6.81.